The molecule has 6 nitrogen and oxygen atoms in total. The smallest absolute Gasteiger partial charge is 0.124 e. The van der Waals surface area contributed by atoms with Gasteiger partial charge in [-0.25, -0.2) is 0 Å². The molecule has 1 saturated heterocycles. The number of β-amino-alcohol motifs (C(OH)–C–C–N with tert-alkyl or cyclic N) is 1. The molecule has 1 N–H and O–H groups in total. The van der Waals surface area contributed by atoms with Crippen molar-refractivity contribution in [3.8, 4) is 5.75 Å². The molecule has 1 aromatic carbocycles. The average molecular weight is 345 g/mol. The second-order valence-electron chi connectivity index (χ2n) is 6.53. The minimum atomic E-state index is -0.479. The fourth-order valence-electron chi connectivity index (χ4n) is 3.04. The quantitative estimate of drug-likeness (QED) is 0.787. The number of piperazine rings is 1. The summed E-state index contributed by atoms with van der Waals surface area (Å²) in [5.74, 6) is 0.814. The largest absolute Gasteiger partial charge is 0.491 e. The van der Waals surface area contributed by atoms with E-state index in [0.29, 0.717) is 13.2 Å². The van der Waals surface area contributed by atoms with E-state index in [2.05, 4.69) is 34.0 Å². The zero-order valence-corrected chi connectivity index (χ0v) is 14.8. The first kappa shape index (κ1) is 17.9. The summed E-state index contributed by atoms with van der Waals surface area (Å²) in [4.78, 5) is 4.64. The minimum absolute atomic E-state index is 0.324. The first-order valence-electron chi connectivity index (χ1n) is 8.96. The van der Waals surface area contributed by atoms with Crippen molar-refractivity contribution in [1.82, 2.24) is 15.0 Å². The van der Waals surface area contributed by atoms with Crippen LogP contribution in [0.25, 0.3) is 0 Å². The highest BCUT2D eigenvalue weighted by Gasteiger charge is 2.20. The molecule has 136 valence electrons. The lowest BCUT2D eigenvalue weighted by molar-refractivity contribution is 0.0442. The van der Waals surface area contributed by atoms with Gasteiger partial charge in [-0.3, -0.25) is 9.80 Å². The van der Waals surface area contributed by atoms with Gasteiger partial charge < -0.3 is 14.4 Å². The summed E-state index contributed by atoms with van der Waals surface area (Å²) >= 11 is 0. The van der Waals surface area contributed by atoms with Crippen LogP contribution >= 0.6 is 0 Å². The van der Waals surface area contributed by atoms with E-state index in [9.17, 15) is 5.11 Å². The Labute approximate surface area is 149 Å². The number of aryl methyl sites for hydroxylation is 1. The Balaban J connectivity index is 1.35. The minimum Gasteiger partial charge on any atom is -0.491 e. The van der Waals surface area contributed by atoms with Gasteiger partial charge >= 0.3 is 0 Å². The van der Waals surface area contributed by atoms with Crippen LogP contribution in [0.1, 0.15) is 18.2 Å². The fraction of sp³-hybridized carbons (Fsp3) is 0.526. The van der Waals surface area contributed by atoms with Gasteiger partial charge in [-0.1, -0.05) is 24.2 Å². The molecule has 1 aliphatic heterocycles. The van der Waals surface area contributed by atoms with Crippen LogP contribution < -0.4 is 4.74 Å². The second-order valence-corrected chi connectivity index (χ2v) is 6.53. The molecule has 0 spiro atoms. The molecule has 0 amide bonds. The summed E-state index contributed by atoms with van der Waals surface area (Å²) < 4.78 is 10.6. The SMILES string of the molecule is CCc1ccc(OCC(O)CN2CCN(Cc3ccon3)CC2)cc1. The summed E-state index contributed by atoms with van der Waals surface area (Å²) in [6.07, 6.45) is 2.15. The molecule has 0 bridgehead atoms. The zero-order chi connectivity index (χ0) is 17.5. The van der Waals surface area contributed by atoms with E-state index in [1.807, 2.05) is 18.2 Å². The number of rotatable bonds is 8. The number of hydrogen-bond donors (Lipinski definition) is 1. The van der Waals surface area contributed by atoms with Gasteiger partial charge in [0.1, 0.15) is 24.7 Å². The molecule has 1 aliphatic rings. The fourth-order valence-corrected chi connectivity index (χ4v) is 3.04. The normalized spacial score (nSPS) is 17.5. The van der Waals surface area contributed by atoms with Crippen LogP contribution in [0.4, 0.5) is 0 Å². The molecular weight excluding hydrogens is 318 g/mol. The molecule has 3 rings (SSSR count). The van der Waals surface area contributed by atoms with Crippen molar-refractivity contribution in [2.45, 2.75) is 26.0 Å². The maximum Gasteiger partial charge on any atom is 0.124 e. The van der Waals surface area contributed by atoms with Gasteiger partial charge in [0, 0.05) is 45.3 Å². The molecule has 1 atom stereocenters. The van der Waals surface area contributed by atoms with E-state index in [-0.39, 0.29) is 0 Å². The molecule has 25 heavy (non-hydrogen) atoms. The number of aromatic nitrogens is 1. The van der Waals surface area contributed by atoms with Crippen molar-refractivity contribution in [2.24, 2.45) is 0 Å². The highest BCUT2D eigenvalue weighted by Crippen LogP contribution is 2.13. The molecule has 0 saturated carbocycles. The first-order chi connectivity index (χ1) is 12.2. The summed E-state index contributed by atoms with van der Waals surface area (Å²) in [5, 5.41) is 14.2. The number of hydrogen-bond acceptors (Lipinski definition) is 6. The summed E-state index contributed by atoms with van der Waals surface area (Å²) in [5.41, 5.74) is 2.26. The van der Waals surface area contributed by atoms with Gasteiger partial charge in [0.05, 0.1) is 5.69 Å². The van der Waals surface area contributed by atoms with E-state index in [4.69, 9.17) is 9.26 Å². The molecule has 2 aromatic rings. The number of benzene rings is 1. The Bertz CT molecular complexity index is 607. The van der Waals surface area contributed by atoms with Gasteiger partial charge in [-0.2, -0.15) is 0 Å². The maximum absolute atomic E-state index is 10.2. The van der Waals surface area contributed by atoms with Gasteiger partial charge in [0.2, 0.25) is 0 Å². The lowest BCUT2D eigenvalue weighted by Gasteiger charge is -2.35. The first-order valence-corrected chi connectivity index (χ1v) is 8.96. The number of aliphatic hydroxyl groups excluding tert-OH is 1. The maximum atomic E-state index is 10.2. The van der Waals surface area contributed by atoms with E-state index in [0.717, 1.165) is 50.6 Å². The lowest BCUT2D eigenvalue weighted by Crippen LogP contribution is -2.48. The van der Waals surface area contributed by atoms with Crippen molar-refractivity contribution < 1.29 is 14.4 Å². The van der Waals surface area contributed by atoms with E-state index in [1.54, 1.807) is 6.26 Å². The van der Waals surface area contributed by atoms with Crippen LogP contribution in [0, 0.1) is 0 Å². The Hall–Kier alpha value is -1.89. The van der Waals surface area contributed by atoms with E-state index in [1.165, 1.54) is 5.56 Å². The van der Waals surface area contributed by atoms with E-state index >= 15 is 0 Å². The summed E-state index contributed by atoms with van der Waals surface area (Å²) in [6.45, 7) is 7.75. The highest BCUT2D eigenvalue weighted by molar-refractivity contribution is 5.27. The molecule has 0 aliphatic carbocycles. The predicted octanol–water partition coefficient (Wildman–Crippen LogP) is 1.79. The van der Waals surface area contributed by atoms with Crippen molar-refractivity contribution in [3.63, 3.8) is 0 Å². The molecule has 1 aromatic heterocycles. The Morgan fingerprint density at radius 2 is 1.84 bits per heavy atom. The Kier molecular flexibility index (Phi) is 6.44. The average Bonchev–Trinajstić information content (AvgIpc) is 3.15. The van der Waals surface area contributed by atoms with Gasteiger partial charge in [0.15, 0.2) is 0 Å². The number of aliphatic hydroxyl groups is 1. The van der Waals surface area contributed by atoms with Crippen LogP contribution in [0.3, 0.4) is 0 Å². The molecule has 0 radical (unpaired) electrons. The van der Waals surface area contributed by atoms with Gasteiger partial charge in [-0.15, -0.1) is 0 Å². The highest BCUT2D eigenvalue weighted by atomic mass is 16.5. The van der Waals surface area contributed by atoms with Crippen molar-refractivity contribution in [1.29, 1.82) is 0 Å². The second kappa shape index (κ2) is 8.99. The third kappa shape index (κ3) is 5.56. The summed E-state index contributed by atoms with van der Waals surface area (Å²) in [6, 6.07) is 9.97. The Morgan fingerprint density at radius 1 is 1.12 bits per heavy atom. The van der Waals surface area contributed by atoms with Crippen LogP contribution in [0.2, 0.25) is 0 Å². The Morgan fingerprint density at radius 3 is 2.48 bits per heavy atom. The molecule has 1 fully saturated rings. The third-order valence-corrected chi connectivity index (χ3v) is 4.58. The summed E-state index contributed by atoms with van der Waals surface area (Å²) in [7, 11) is 0. The van der Waals surface area contributed by atoms with Crippen LogP contribution in [-0.2, 0) is 13.0 Å². The lowest BCUT2D eigenvalue weighted by atomic mass is 10.2. The van der Waals surface area contributed by atoms with Crippen molar-refractivity contribution in [2.75, 3.05) is 39.3 Å². The van der Waals surface area contributed by atoms with Crippen molar-refractivity contribution >= 4 is 0 Å². The molecular formula is C19H27N3O3. The molecule has 6 heteroatoms. The van der Waals surface area contributed by atoms with Crippen LogP contribution in [0.15, 0.2) is 41.1 Å². The molecule has 2 heterocycles. The molecule has 1 unspecified atom stereocenters. The predicted molar refractivity (Wildman–Crippen MR) is 95.5 cm³/mol. The number of nitrogens with zero attached hydrogens (tertiary/aromatic N) is 3. The zero-order valence-electron chi connectivity index (χ0n) is 14.8. The van der Waals surface area contributed by atoms with Crippen molar-refractivity contribution in [3.05, 3.63) is 47.9 Å². The van der Waals surface area contributed by atoms with Gasteiger partial charge in [-0.05, 0) is 24.1 Å². The number of ether oxygens (including phenoxy) is 1. The van der Waals surface area contributed by atoms with Gasteiger partial charge in [0.25, 0.3) is 0 Å². The van der Waals surface area contributed by atoms with Crippen LogP contribution in [0.5, 0.6) is 5.75 Å². The standard InChI is InChI=1S/C19H27N3O3/c1-2-16-3-5-19(6-4-16)24-15-18(23)14-22-10-8-21(9-11-22)13-17-7-12-25-20-17/h3-7,12,18,23H,2,8-11,13-15H2,1H3. The monoisotopic (exact) mass is 345 g/mol. The third-order valence-electron chi connectivity index (χ3n) is 4.58. The van der Waals surface area contributed by atoms with Crippen LogP contribution in [-0.4, -0.2) is 65.5 Å². The topological polar surface area (TPSA) is 62.0 Å². The van der Waals surface area contributed by atoms with E-state index < -0.39 is 6.10 Å².